The molecule has 0 aromatic carbocycles. The first-order valence-electron chi connectivity index (χ1n) is 9.62. The van der Waals surface area contributed by atoms with Crippen molar-refractivity contribution in [1.29, 1.82) is 0 Å². The fraction of sp³-hybridized carbons (Fsp3) is 0.789. The highest BCUT2D eigenvalue weighted by Gasteiger charge is 2.50. The first kappa shape index (κ1) is 17.0. The molecule has 1 spiro atoms. The number of aryl methyl sites for hydroxylation is 1. The fourth-order valence-corrected chi connectivity index (χ4v) is 4.97. The van der Waals surface area contributed by atoms with E-state index in [1.165, 1.54) is 32.4 Å². The third-order valence-electron chi connectivity index (χ3n) is 6.86. The van der Waals surface area contributed by atoms with Crippen molar-refractivity contribution >= 4 is 5.91 Å². The molecule has 1 aliphatic carbocycles. The second-order valence-electron chi connectivity index (χ2n) is 8.18. The number of nitrogens with zero attached hydrogens (tertiary/aromatic N) is 4. The van der Waals surface area contributed by atoms with Crippen molar-refractivity contribution < 1.29 is 9.53 Å². The van der Waals surface area contributed by atoms with Gasteiger partial charge in [0.05, 0.1) is 6.61 Å². The minimum Gasteiger partial charge on any atom is -0.384 e. The number of carbonyl (C=O) groups is 1. The molecular formula is C19H30N4O2. The summed E-state index contributed by atoms with van der Waals surface area (Å²) in [5.74, 6) is 1.22. The molecule has 4 rings (SSSR count). The normalized spacial score (nSPS) is 27.0. The van der Waals surface area contributed by atoms with Crippen LogP contribution in [0.4, 0.5) is 0 Å². The molecule has 1 atom stereocenters. The number of amides is 1. The maximum absolute atomic E-state index is 12.7. The van der Waals surface area contributed by atoms with Crippen molar-refractivity contribution in [2.45, 2.75) is 38.1 Å². The zero-order valence-corrected chi connectivity index (χ0v) is 15.5. The zero-order valence-electron chi connectivity index (χ0n) is 15.5. The second-order valence-corrected chi connectivity index (χ2v) is 8.18. The summed E-state index contributed by atoms with van der Waals surface area (Å²) in [6.07, 6.45) is 9.80. The van der Waals surface area contributed by atoms with Crippen molar-refractivity contribution in [2.75, 3.05) is 39.9 Å². The third-order valence-corrected chi connectivity index (χ3v) is 6.86. The van der Waals surface area contributed by atoms with E-state index in [9.17, 15) is 4.79 Å². The molecule has 6 nitrogen and oxygen atoms in total. The largest absolute Gasteiger partial charge is 0.384 e. The van der Waals surface area contributed by atoms with Gasteiger partial charge in [-0.15, -0.1) is 0 Å². The van der Waals surface area contributed by atoms with E-state index in [1.807, 2.05) is 29.8 Å². The summed E-state index contributed by atoms with van der Waals surface area (Å²) in [6.45, 7) is 4.88. The molecular weight excluding hydrogens is 316 g/mol. The van der Waals surface area contributed by atoms with Crippen LogP contribution >= 0.6 is 0 Å². The lowest BCUT2D eigenvalue weighted by molar-refractivity contribution is 0.0304. The third kappa shape index (κ3) is 2.99. The standard InChI is InChI=1S/C19H30N4O2/c1-21-11-8-20-17(21)18(24)22-9-6-19(7-10-22)14-23(16-4-3-5-16)12-15(19)13-25-2/h8,11,15-16H,3-7,9-10,12-14H2,1-2H3. The molecule has 3 aliphatic rings. The van der Waals surface area contributed by atoms with E-state index in [1.54, 1.807) is 6.20 Å². The number of piperidine rings is 1. The highest BCUT2D eigenvalue weighted by molar-refractivity contribution is 5.90. The number of ether oxygens (including phenoxy) is 1. The molecule has 138 valence electrons. The molecule has 1 aromatic rings. The number of aromatic nitrogens is 2. The van der Waals surface area contributed by atoms with Crippen molar-refractivity contribution in [1.82, 2.24) is 19.4 Å². The van der Waals surface area contributed by atoms with Gasteiger partial charge in [-0.3, -0.25) is 9.69 Å². The Bertz CT molecular complexity index is 617. The molecule has 1 unspecified atom stereocenters. The molecule has 25 heavy (non-hydrogen) atoms. The molecule has 2 aliphatic heterocycles. The van der Waals surface area contributed by atoms with Crippen molar-refractivity contribution in [3.63, 3.8) is 0 Å². The van der Waals surface area contributed by atoms with Gasteiger partial charge in [0.25, 0.3) is 5.91 Å². The van der Waals surface area contributed by atoms with Crippen LogP contribution < -0.4 is 0 Å². The first-order chi connectivity index (χ1) is 12.1. The molecule has 0 bridgehead atoms. The van der Waals surface area contributed by atoms with Gasteiger partial charge in [0.1, 0.15) is 0 Å². The molecule has 0 radical (unpaired) electrons. The van der Waals surface area contributed by atoms with E-state index in [0.29, 0.717) is 17.2 Å². The predicted octanol–water partition coefficient (Wildman–Crippen LogP) is 1.77. The first-order valence-corrected chi connectivity index (χ1v) is 9.62. The van der Waals surface area contributed by atoms with E-state index >= 15 is 0 Å². The minimum absolute atomic E-state index is 0.0690. The Kier molecular flexibility index (Phi) is 4.58. The van der Waals surface area contributed by atoms with Gasteiger partial charge < -0.3 is 14.2 Å². The van der Waals surface area contributed by atoms with E-state index in [2.05, 4.69) is 9.88 Å². The molecule has 6 heteroatoms. The maximum Gasteiger partial charge on any atom is 0.289 e. The van der Waals surface area contributed by atoms with Gasteiger partial charge >= 0.3 is 0 Å². The summed E-state index contributed by atoms with van der Waals surface area (Å²) >= 11 is 0. The van der Waals surface area contributed by atoms with Crippen LogP contribution in [0.5, 0.6) is 0 Å². The number of rotatable bonds is 4. The van der Waals surface area contributed by atoms with Gasteiger partial charge in [0.15, 0.2) is 5.82 Å². The van der Waals surface area contributed by atoms with Crippen LogP contribution in [0.25, 0.3) is 0 Å². The Morgan fingerprint density at radius 2 is 2.12 bits per heavy atom. The summed E-state index contributed by atoms with van der Waals surface area (Å²) in [6, 6.07) is 0.797. The van der Waals surface area contributed by atoms with Crippen molar-refractivity contribution in [3.05, 3.63) is 18.2 Å². The summed E-state index contributed by atoms with van der Waals surface area (Å²) in [5, 5.41) is 0. The topological polar surface area (TPSA) is 50.6 Å². The molecule has 1 amide bonds. The highest BCUT2D eigenvalue weighted by Crippen LogP contribution is 2.47. The monoisotopic (exact) mass is 346 g/mol. The molecule has 0 N–H and O–H groups in total. The number of likely N-dealkylation sites (tertiary alicyclic amines) is 2. The Balaban J connectivity index is 1.43. The van der Waals surface area contributed by atoms with E-state index in [4.69, 9.17) is 4.74 Å². The smallest absolute Gasteiger partial charge is 0.289 e. The molecule has 1 saturated carbocycles. The Morgan fingerprint density at radius 3 is 2.68 bits per heavy atom. The van der Waals surface area contributed by atoms with Gasteiger partial charge in [-0.1, -0.05) is 6.42 Å². The van der Waals surface area contributed by atoms with Crippen LogP contribution in [0.15, 0.2) is 12.4 Å². The van der Waals surface area contributed by atoms with Crippen LogP contribution in [-0.4, -0.2) is 71.2 Å². The highest BCUT2D eigenvalue weighted by atomic mass is 16.5. The number of imidazole rings is 1. The SMILES string of the molecule is COCC1CN(C2CCC2)CC12CCN(C(=O)c1nccn1C)CC2. The lowest BCUT2D eigenvalue weighted by Crippen LogP contribution is -2.48. The Labute approximate surface area is 150 Å². The van der Waals surface area contributed by atoms with Gasteiger partial charge in [0, 0.05) is 64.7 Å². The van der Waals surface area contributed by atoms with Crippen LogP contribution in [0.1, 0.15) is 42.7 Å². The summed E-state index contributed by atoms with van der Waals surface area (Å²) in [5.41, 5.74) is 0.323. The lowest BCUT2D eigenvalue weighted by Gasteiger charge is -2.43. The summed E-state index contributed by atoms with van der Waals surface area (Å²) in [4.78, 5) is 21.7. The molecule has 2 saturated heterocycles. The molecule has 3 fully saturated rings. The second kappa shape index (κ2) is 6.72. The van der Waals surface area contributed by atoms with Crippen LogP contribution in [0.2, 0.25) is 0 Å². The average Bonchev–Trinajstić information content (AvgIpc) is 3.11. The number of hydrogen-bond acceptors (Lipinski definition) is 4. The predicted molar refractivity (Wildman–Crippen MR) is 95.4 cm³/mol. The maximum atomic E-state index is 12.7. The lowest BCUT2D eigenvalue weighted by atomic mass is 9.71. The van der Waals surface area contributed by atoms with Crippen molar-refractivity contribution in [3.8, 4) is 0 Å². The number of hydrogen-bond donors (Lipinski definition) is 0. The van der Waals surface area contributed by atoms with E-state index < -0.39 is 0 Å². The van der Waals surface area contributed by atoms with Gasteiger partial charge in [-0.05, 0) is 31.1 Å². The number of carbonyl (C=O) groups excluding carboxylic acids is 1. The molecule has 3 heterocycles. The van der Waals surface area contributed by atoms with Gasteiger partial charge in [0.2, 0.25) is 0 Å². The Morgan fingerprint density at radius 1 is 1.36 bits per heavy atom. The average molecular weight is 346 g/mol. The van der Waals surface area contributed by atoms with Gasteiger partial charge in [-0.2, -0.15) is 0 Å². The van der Waals surface area contributed by atoms with Crippen LogP contribution in [0.3, 0.4) is 0 Å². The van der Waals surface area contributed by atoms with Gasteiger partial charge in [-0.25, -0.2) is 4.98 Å². The minimum atomic E-state index is 0.0690. The fourth-order valence-electron chi connectivity index (χ4n) is 4.97. The zero-order chi connectivity index (χ0) is 17.4. The number of methoxy groups -OCH3 is 1. The van der Waals surface area contributed by atoms with Crippen molar-refractivity contribution in [2.24, 2.45) is 18.4 Å². The van der Waals surface area contributed by atoms with E-state index in [-0.39, 0.29) is 5.91 Å². The molecule has 1 aromatic heterocycles. The van der Waals surface area contributed by atoms with Crippen LogP contribution in [-0.2, 0) is 11.8 Å². The van der Waals surface area contributed by atoms with E-state index in [0.717, 1.165) is 38.6 Å². The summed E-state index contributed by atoms with van der Waals surface area (Å²) in [7, 11) is 3.70. The Hall–Kier alpha value is -1.40. The quantitative estimate of drug-likeness (QED) is 0.834. The van der Waals surface area contributed by atoms with Crippen LogP contribution in [0, 0.1) is 11.3 Å². The summed E-state index contributed by atoms with van der Waals surface area (Å²) < 4.78 is 7.38.